The first kappa shape index (κ1) is 25.8. The first-order valence-electron chi connectivity index (χ1n) is 10.6. The predicted octanol–water partition coefficient (Wildman–Crippen LogP) is 2.28. The third-order valence-corrected chi connectivity index (χ3v) is 4.97. The fraction of sp³-hybridized carbons (Fsp3) is 0.600. The molecule has 34 heavy (non-hydrogen) atoms. The maximum absolute atomic E-state index is 13.9. The lowest BCUT2D eigenvalue weighted by atomic mass is 10.1. The molecule has 0 aromatic carbocycles. The van der Waals surface area contributed by atoms with Crippen molar-refractivity contribution in [3.63, 3.8) is 0 Å². The van der Waals surface area contributed by atoms with E-state index in [0.29, 0.717) is 25.2 Å². The maximum Gasteiger partial charge on any atom is 0.422 e. The van der Waals surface area contributed by atoms with E-state index >= 15 is 0 Å². The minimum atomic E-state index is -4.60. The molecular weight excluding hydrogens is 462 g/mol. The number of hydrogen-bond donors (Lipinski definition) is 1. The molecule has 0 amide bonds. The molecule has 2 aromatic heterocycles. The van der Waals surface area contributed by atoms with Gasteiger partial charge in [-0.2, -0.15) is 28.0 Å². The van der Waals surface area contributed by atoms with E-state index in [4.69, 9.17) is 14.2 Å². The Bertz CT molecular complexity index is 1020. The SMILES string of the molecule is C=Nn1c(OCC(F)(F)F)c(-c2cnn(C(C)OCC)c2)nc/c1=N/CNC1CCOCC1F. The highest BCUT2D eigenvalue weighted by atomic mass is 19.4. The molecule has 0 aliphatic carbocycles. The number of hydrogen-bond acceptors (Lipinski definition) is 8. The maximum atomic E-state index is 13.9. The van der Waals surface area contributed by atoms with Gasteiger partial charge in [-0.1, -0.05) is 0 Å². The van der Waals surface area contributed by atoms with Crippen molar-refractivity contribution in [3.8, 4) is 17.1 Å². The molecule has 0 bridgehead atoms. The summed E-state index contributed by atoms with van der Waals surface area (Å²) in [6, 6.07) is -0.450. The molecule has 3 heterocycles. The Hall–Kier alpha value is -2.84. The number of rotatable bonds is 10. The van der Waals surface area contributed by atoms with Crippen molar-refractivity contribution < 1.29 is 31.8 Å². The van der Waals surface area contributed by atoms with Gasteiger partial charge in [0.2, 0.25) is 5.88 Å². The van der Waals surface area contributed by atoms with Crippen LogP contribution in [0, 0.1) is 0 Å². The zero-order valence-corrected chi connectivity index (χ0v) is 18.8. The average molecular weight is 489 g/mol. The van der Waals surface area contributed by atoms with Gasteiger partial charge in [0.25, 0.3) is 0 Å². The first-order valence-corrected chi connectivity index (χ1v) is 10.6. The molecule has 2 aromatic rings. The van der Waals surface area contributed by atoms with Crippen LogP contribution in [-0.2, 0) is 9.47 Å². The second-order valence-corrected chi connectivity index (χ2v) is 7.40. The highest BCUT2D eigenvalue weighted by Gasteiger charge is 2.30. The number of halogens is 4. The summed E-state index contributed by atoms with van der Waals surface area (Å²) in [5, 5.41) is 10.9. The molecule has 3 unspecified atom stereocenters. The molecule has 0 spiro atoms. The van der Waals surface area contributed by atoms with Crippen molar-refractivity contribution in [2.45, 2.75) is 44.9 Å². The predicted molar refractivity (Wildman–Crippen MR) is 114 cm³/mol. The average Bonchev–Trinajstić information content (AvgIpc) is 3.28. The molecule has 0 saturated carbocycles. The van der Waals surface area contributed by atoms with Crippen LogP contribution in [0.3, 0.4) is 0 Å². The van der Waals surface area contributed by atoms with Gasteiger partial charge in [-0.25, -0.2) is 19.0 Å². The quantitative estimate of drug-likeness (QED) is 0.406. The number of nitrogens with one attached hydrogen (secondary N) is 1. The Morgan fingerprint density at radius 3 is 2.85 bits per heavy atom. The van der Waals surface area contributed by atoms with Gasteiger partial charge in [0.1, 0.15) is 18.1 Å². The minimum Gasteiger partial charge on any atom is -0.466 e. The van der Waals surface area contributed by atoms with Crippen LogP contribution in [0.1, 0.15) is 26.5 Å². The topological polar surface area (TPSA) is 100 Å². The lowest BCUT2D eigenvalue weighted by Crippen LogP contribution is -2.44. The third-order valence-electron chi connectivity index (χ3n) is 4.97. The van der Waals surface area contributed by atoms with E-state index in [-0.39, 0.29) is 30.3 Å². The summed E-state index contributed by atoms with van der Waals surface area (Å²) in [7, 11) is 0. The van der Waals surface area contributed by atoms with E-state index in [0.717, 1.165) is 4.68 Å². The summed E-state index contributed by atoms with van der Waals surface area (Å²) >= 11 is 0. The Labute approximate surface area is 193 Å². The molecule has 14 heteroatoms. The van der Waals surface area contributed by atoms with Crippen LogP contribution < -0.4 is 15.5 Å². The highest BCUT2D eigenvalue weighted by molar-refractivity contribution is 5.62. The van der Waals surface area contributed by atoms with E-state index in [2.05, 4.69) is 32.2 Å². The monoisotopic (exact) mass is 489 g/mol. The van der Waals surface area contributed by atoms with E-state index < -0.39 is 31.2 Å². The van der Waals surface area contributed by atoms with Crippen molar-refractivity contribution >= 4 is 6.72 Å². The molecule has 1 aliphatic heterocycles. The van der Waals surface area contributed by atoms with E-state index in [1.54, 1.807) is 13.1 Å². The van der Waals surface area contributed by atoms with Crippen LogP contribution in [0.4, 0.5) is 17.6 Å². The number of ether oxygens (including phenoxy) is 3. The molecule has 1 saturated heterocycles. The highest BCUT2D eigenvalue weighted by Crippen LogP contribution is 2.28. The lowest BCUT2D eigenvalue weighted by Gasteiger charge is -2.26. The fourth-order valence-electron chi connectivity index (χ4n) is 3.31. The normalized spacial score (nSPS) is 20.4. The molecule has 3 rings (SSSR count). The summed E-state index contributed by atoms with van der Waals surface area (Å²) in [6.45, 7) is 6.30. The Kier molecular flexibility index (Phi) is 8.74. The van der Waals surface area contributed by atoms with Crippen molar-refractivity contribution in [2.75, 3.05) is 33.1 Å². The second-order valence-electron chi connectivity index (χ2n) is 7.40. The van der Waals surface area contributed by atoms with Gasteiger partial charge < -0.3 is 14.2 Å². The van der Waals surface area contributed by atoms with Gasteiger partial charge in [-0.05, 0) is 20.3 Å². The minimum absolute atomic E-state index is 0.00679. The molecule has 0 radical (unpaired) electrons. The van der Waals surface area contributed by atoms with Gasteiger partial charge in [0.05, 0.1) is 25.7 Å². The summed E-state index contributed by atoms with van der Waals surface area (Å²) in [6.07, 6.45) is -1.40. The standard InChI is InChI=1S/C20H27F4N7O3/c1-4-33-13(2)30-9-14(7-29-30)18-19(34-11-20(22,23)24)31(25-3)17(8-26-18)28-12-27-16-5-6-32-10-15(16)21/h7-9,13,15-16,27H,3-6,10-12H2,1-2H3/b28-17-. The van der Waals surface area contributed by atoms with Crippen molar-refractivity contribution in [2.24, 2.45) is 10.1 Å². The molecule has 1 N–H and O–H groups in total. The van der Waals surface area contributed by atoms with E-state index in [1.165, 1.54) is 17.1 Å². The van der Waals surface area contributed by atoms with Gasteiger partial charge in [-0.3, -0.25) is 5.32 Å². The molecule has 1 fully saturated rings. The molecule has 1 aliphatic rings. The van der Waals surface area contributed by atoms with Gasteiger partial charge in [0, 0.05) is 37.7 Å². The van der Waals surface area contributed by atoms with Gasteiger partial charge in [0.15, 0.2) is 12.1 Å². The van der Waals surface area contributed by atoms with Crippen molar-refractivity contribution in [3.05, 3.63) is 24.1 Å². The van der Waals surface area contributed by atoms with Crippen LogP contribution in [-0.4, -0.2) is 77.6 Å². The van der Waals surface area contributed by atoms with Crippen molar-refractivity contribution in [1.29, 1.82) is 0 Å². The Morgan fingerprint density at radius 2 is 2.18 bits per heavy atom. The molecule has 10 nitrogen and oxygen atoms in total. The smallest absolute Gasteiger partial charge is 0.422 e. The van der Waals surface area contributed by atoms with Crippen LogP contribution in [0.25, 0.3) is 11.3 Å². The Balaban J connectivity index is 1.94. The number of alkyl halides is 4. The summed E-state index contributed by atoms with van der Waals surface area (Å²) < 4.78 is 70.9. The van der Waals surface area contributed by atoms with E-state index in [1.807, 2.05) is 6.92 Å². The largest absolute Gasteiger partial charge is 0.466 e. The lowest BCUT2D eigenvalue weighted by molar-refractivity contribution is -0.154. The molecular formula is C20H27F4N7O3. The molecule has 188 valence electrons. The summed E-state index contributed by atoms with van der Waals surface area (Å²) in [5.41, 5.74) is 0.515. The summed E-state index contributed by atoms with van der Waals surface area (Å²) in [4.78, 5) is 8.50. The van der Waals surface area contributed by atoms with Crippen molar-refractivity contribution in [1.82, 2.24) is 24.8 Å². The van der Waals surface area contributed by atoms with Crippen LogP contribution in [0.5, 0.6) is 5.88 Å². The van der Waals surface area contributed by atoms with Crippen LogP contribution >= 0.6 is 0 Å². The number of aromatic nitrogens is 4. The van der Waals surface area contributed by atoms with Gasteiger partial charge >= 0.3 is 6.18 Å². The zero-order chi connectivity index (χ0) is 24.7. The third kappa shape index (κ3) is 6.61. The first-order chi connectivity index (χ1) is 16.2. The zero-order valence-electron chi connectivity index (χ0n) is 18.8. The molecule has 3 atom stereocenters. The van der Waals surface area contributed by atoms with Gasteiger partial charge in [-0.15, -0.1) is 0 Å². The van der Waals surface area contributed by atoms with E-state index in [9.17, 15) is 17.6 Å². The fourth-order valence-corrected chi connectivity index (χ4v) is 3.31. The Morgan fingerprint density at radius 1 is 1.38 bits per heavy atom. The van der Waals surface area contributed by atoms with Crippen LogP contribution in [0.2, 0.25) is 0 Å². The second kappa shape index (κ2) is 11.5. The summed E-state index contributed by atoms with van der Waals surface area (Å²) in [5.74, 6) is -0.313. The number of nitrogens with zero attached hydrogens (tertiary/aromatic N) is 6. The van der Waals surface area contributed by atoms with Crippen LogP contribution in [0.15, 0.2) is 28.7 Å².